The van der Waals surface area contributed by atoms with Crippen LogP contribution in [0.3, 0.4) is 0 Å². The first-order chi connectivity index (χ1) is 6.59. The number of rotatable bonds is 1. The molecule has 1 N–H and O–H groups in total. The first kappa shape index (κ1) is 9.21. The molecule has 2 aromatic heterocycles. The minimum absolute atomic E-state index is 0.0376. The molecule has 5 heteroatoms. The number of hydrogen-bond acceptors (Lipinski definition) is 2. The zero-order chi connectivity index (χ0) is 10.3. The predicted octanol–water partition coefficient (Wildman–Crippen LogP) is 2.10. The first-order valence-electron chi connectivity index (χ1n) is 3.97. The van der Waals surface area contributed by atoms with Crippen LogP contribution in [0.25, 0.3) is 5.65 Å². The van der Waals surface area contributed by atoms with Gasteiger partial charge in [-0.15, -0.1) is 0 Å². The summed E-state index contributed by atoms with van der Waals surface area (Å²) in [5.74, 6) is -1.03. The summed E-state index contributed by atoms with van der Waals surface area (Å²) in [4.78, 5) is 14.7. The summed E-state index contributed by atoms with van der Waals surface area (Å²) in [6, 6.07) is 3.67. The SMILES string of the molecule is Cc1ccc2nc(C(=O)O)c(Br)n2c1. The number of hydrogen-bond donors (Lipinski definition) is 1. The molecular weight excluding hydrogens is 248 g/mol. The Morgan fingerprint density at radius 3 is 2.93 bits per heavy atom. The molecule has 0 fully saturated rings. The van der Waals surface area contributed by atoms with Crippen LogP contribution < -0.4 is 0 Å². The number of aryl methyl sites for hydroxylation is 1. The lowest BCUT2D eigenvalue weighted by molar-refractivity contribution is 0.0690. The summed E-state index contributed by atoms with van der Waals surface area (Å²) >= 11 is 3.21. The van der Waals surface area contributed by atoms with E-state index >= 15 is 0 Å². The van der Waals surface area contributed by atoms with Crippen molar-refractivity contribution in [3.8, 4) is 0 Å². The number of carboxylic acid groups (broad SMARTS) is 1. The van der Waals surface area contributed by atoms with Gasteiger partial charge in [-0.25, -0.2) is 9.78 Å². The fraction of sp³-hybridized carbons (Fsp3) is 0.111. The quantitative estimate of drug-likeness (QED) is 0.848. The van der Waals surface area contributed by atoms with E-state index in [2.05, 4.69) is 20.9 Å². The van der Waals surface area contributed by atoms with Crippen molar-refractivity contribution < 1.29 is 9.90 Å². The lowest BCUT2D eigenvalue weighted by atomic mass is 10.3. The lowest BCUT2D eigenvalue weighted by Gasteiger charge is -1.95. The van der Waals surface area contributed by atoms with E-state index in [1.807, 2.05) is 19.2 Å². The summed E-state index contributed by atoms with van der Waals surface area (Å²) in [6.07, 6.45) is 1.83. The number of carboxylic acids is 1. The second-order valence-electron chi connectivity index (χ2n) is 2.99. The number of fused-ring (bicyclic) bond motifs is 1. The van der Waals surface area contributed by atoms with Crippen molar-refractivity contribution in [2.75, 3.05) is 0 Å². The van der Waals surface area contributed by atoms with Crippen LogP contribution in [-0.4, -0.2) is 20.5 Å². The van der Waals surface area contributed by atoms with Crippen LogP contribution in [0.15, 0.2) is 22.9 Å². The molecule has 0 spiro atoms. The fourth-order valence-corrected chi connectivity index (χ4v) is 1.80. The van der Waals surface area contributed by atoms with Gasteiger partial charge in [0.25, 0.3) is 0 Å². The molecule has 0 aliphatic carbocycles. The Labute approximate surface area is 88.3 Å². The van der Waals surface area contributed by atoms with Gasteiger partial charge in [-0.2, -0.15) is 0 Å². The predicted molar refractivity (Wildman–Crippen MR) is 54.6 cm³/mol. The first-order valence-corrected chi connectivity index (χ1v) is 4.76. The molecule has 0 aliphatic heterocycles. The van der Waals surface area contributed by atoms with Gasteiger partial charge < -0.3 is 5.11 Å². The molecule has 2 heterocycles. The second kappa shape index (κ2) is 3.09. The van der Waals surface area contributed by atoms with E-state index in [1.165, 1.54) is 0 Å². The van der Waals surface area contributed by atoms with Gasteiger partial charge in [-0.05, 0) is 34.5 Å². The van der Waals surface area contributed by atoms with Crippen LogP contribution >= 0.6 is 15.9 Å². The van der Waals surface area contributed by atoms with E-state index in [0.717, 1.165) is 5.56 Å². The third kappa shape index (κ3) is 1.29. The molecule has 4 nitrogen and oxygen atoms in total. The maximum atomic E-state index is 10.8. The molecule has 14 heavy (non-hydrogen) atoms. The van der Waals surface area contributed by atoms with Gasteiger partial charge in [0.05, 0.1) is 0 Å². The van der Waals surface area contributed by atoms with Crippen LogP contribution in [0.5, 0.6) is 0 Å². The van der Waals surface area contributed by atoms with Crippen molar-refractivity contribution in [1.82, 2.24) is 9.38 Å². The Kier molecular flexibility index (Phi) is 2.03. The van der Waals surface area contributed by atoms with Crippen molar-refractivity contribution in [2.24, 2.45) is 0 Å². The third-order valence-corrected chi connectivity index (χ3v) is 2.67. The van der Waals surface area contributed by atoms with Gasteiger partial charge in [-0.3, -0.25) is 4.40 Å². The maximum absolute atomic E-state index is 10.8. The van der Waals surface area contributed by atoms with E-state index in [4.69, 9.17) is 5.11 Å². The number of nitrogens with zero attached hydrogens (tertiary/aromatic N) is 2. The highest BCUT2D eigenvalue weighted by atomic mass is 79.9. The molecule has 0 bridgehead atoms. The summed E-state index contributed by atoms with van der Waals surface area (Å²) in [5, 5.41) is 8.83. The van der Waals surface area contributed by atoms with E-state index < -0.39 is 5.97 Å². The molecule has 2 rings (SSSR count). The Hall–Kier alpha value is -1.36. The number of aromatic nitrogens is 2. The monoisotopic (exact) mass is 254 g/mol. The maximum Gasteiger partial charge on any atom is 0.357 e. The smallest absolute Gasteiger partial charge is 0.357 e. The fourth-order valence-electron chi connectivity index (χ4n) is 1.26. The average molecular weight is 255 g/mol. The molecule has 0 unspecified atom stereocenters. The van der Waals surface area contributed by atoms with Gasteiger partial charge in [0.15, 0.2) is 5.69 Å². The molecular formula is C9H7BrN2O2. The molecule has 0 saturated carbocycles. The minimum Gasteiger partial charge on any atom is -0.476 e. The Balaban J connectivity index is 2.80. The van der Waals surface area contributed by atoms with Gasteiger partial charge >= 0.3 is 5.97 Å². The van der Waals surface area contributed by atoms with Crippen molar-refractivity contribution >= 4 is 27.5 Å². The number of carbonyl (C=O) groups is 1. The zero-order valence-electron chi connectivity index (χ0n) is 7.36. The van der Waals surface area contributed by atoms with E-state index in [9.17, 15) is 4.79 Å². The highest BCUT2D eigenvalue weighted by Gasteiger charge is 2.15. The Bertz CT molecular complexity index is 519. The molecule has 0 radical (unpaired) electrons. The van der Waals surface area contributed by atoms with Crippen LogP contribution in [-0.2, 0) is 0 Å². The summed E-state index contributed by atoms with van der Waals surface area (Å²) in [5.41, 5.74) is 1.71. The highest BCUT2D eigenvalue weighted by Crippen LogP contribution is 2.19. The second-order valence-corrected chi connectivity index (χ2v) is 3.74. The molecule has 0 aliphatic rings. The minimum atomic E-state index is -1.03. The van der Waals surface area contributed by atoms with Crippen LogP contribution in [0.4, 0.5) is 0 Å². The molecule has 0 amide bonds. The van der Waals surface area contributed by atoms with E-state index in [1.54, 1.807) is 10.5 Å². The normalized spacial score (nSPS) is 10.7. The molecule has 2 aromatic rings. The number of halogens is 1. The summed E-state index contributed by atoms with van der Waals surface area (Å²) in [7, 11) is 0. The van der Waals surface area contributed by atoms with E-state index in [-0.39, 0.29) is 5.69 Å². The van der Waals surface area contributed by atoms with Gasteiger partial charge in [0.1, 0.15) is 10.3 Å². The Morgan fingerprint density at radius 2 is 2.29 bits per heavy atom. The average Bonchev–Trinajstić information content (AvgIpc) is 2.44. The topological polar surface area (TPSA) is 54.6 Å². The van der Waals surface area contributed by atoms with Crippen LogP contribution in [0.2, 0.25) is 0 Å². The van der Waals surface area contributed by atoms with Crippen molar-refractivity contribution in [2.45, 2.75) is 6.92 Å². The summed E-state index contributed by atoms with van der Waals surface area (Å²) < 4.78 is 2.18. The largest absolute Gasteiger partial charge is 0.476 e. The molecule has 72 valence electrons. The Morgan fingerprint density at radius 1 is 1.57 bits per heavy atom. The van der Waals surface area contributed by atoms with Crippen molar-refractivity contribution in [3.63, 3.8) is 0 Å². The summed E-state index contributed by atoms with van der Waals surface area (Å²) in [6.45, 7) is 1.94. The number of pyridine rings is 1. The zero-order valence-corrected chi connectivity index (χ0v) is 8.95. The molecule has 0 atom stereocenters. The number of imidazole rings is 1. The lowest BCUT2D eigenvalue weighted by Crippen LogP contribution is -1.97. The van der Waals surface area contributed by atoms with Crippen LogP contribution in [0, 0.1) is 6.92 Å². The molecule has 0 saturated heterocycles. The van der Waals surface area contributed by atoms with Gasteiger partial charge in [0, 0.05) is 6.20 Å². The molecule has 0 aromatic carbocycles. The van der Waals surface area contributed by atoms with Gasteiger partial charge in [-0.1, -0.05) is 6.07 Å². The van der Waals surface area contributed by atoms with Gasteiger partial charge in [0.2, 0.25) is 0 Å². The number of aromatic carboxylic acids is 1. The van der Waals surface area contributed by atoms with Crippen molar-refractivity contribution in [1.29, 1.82) is 0 Å². The van der Waals surface area contributed by atoms with Crippen LogP contribution in [0.1, 0.15) is 16.1 Å². The van der Waals surface area contributed by atoms with Crippen molar-refractivity contribution in [3.05, 3.63) is 34.2 Å². The third-order valence-electron chi connectivity index (χ3n) is 1.91. The standard InChI is InChI=1S/C9H7BrN2O2/c1-5-2-3-6-11-7(9(13)14)8(10)12(6)4-5/h2-4H,1H3,(H,13,14). The van der Waals surface area contributed by atoms with E-state index in [0.29, 0.717) is 10.3 Å². The highest BCUT2D eigenvalue weighted by molar-refractivity contribution is 9.10.